The lowest BCUT2D eigenvalue weighted by atomic mass is 9.99. The Kier molecular flexibility index (Phi) is 7.19. The van der Waals surface area contributed by atoms with Gasteiger partial charge in [-0.1, -0.05) is 30.3 Å². The number of pyridine rings is 1. The topological polar surface area (TPSA) is 103 Å². The molecule has 2 aromatic heterocycles. The van der Waals surface area contributed by atoms with Crippen LogP contribution in [0.3, 0.4) is 0 Å². The number of hydrogen-bond donors (Lipinski definition) is 1. The lowest BCUT2D eigenvalue weighted by Crippen LogP contribution is -2.43. The first-order valence-corrected chi connectivity index (χ1v) is 12.4. The van der Waals surface area contributed by atoms with Crippen molar-refractivity contribution in [2.75, 3.05) is 6.54 Å². The number of rotatable bonds is 4. The molecule has 1 saturated heterocycles. The van der Waals surface area contributed by atoms with Gasteiger partial charge in [-0.15, -0.1) is 0 Å². The van der Waals surface area contributed by atoms with E-state index < -0.39 is 41.7 Å². The van der Waals surface area contributed by atoms with Crippen molar-refractivity contribution in [1.29, 1.82) is 0 Å². The number of nitrogens with zero attached hydrogens (tertiary/aromatic N) is 3. The van der Waals surface area contributed by atoms with E-state index in [4.69, 9.17) is 14.2 Å². The minimum Gasteiger partial charge on any atom is -0.444 e. The second-order valence-electron chi connectivity index (χ2n) is 11.3. The Morgan fingerprint density at radius 2 is 1.68 bits per heavy atom. The Morgan fingerprint density at radius 1 is 1.00 bits per heavy atom. The van der Waals surface area contributed by atoms with E-state index in [-0.39, 0.29) is 6.54 Å². The lowest BCUT2D eigenvalue weighted by molar-refractivity contribution is -0.0486. The van der Waals surface area contributed by atoms with Crippen LogP contribution in [-0.4, -0.2) is 67.6 Å². The summed E-state index contributed by atoms with van der Waals surface area (Å²) in [6, 6.07) is 13.0. The summed E-state index contributed by atoms with van der Waals surface area (Å²) in [5.74, 6) is 0. The third-order valence-corrected chi connectivity index (χ3v) is 5.88. The van der Waals surface area contributed by atoms with Crippen LogP contribution in [0.2, 0.25) is 0 Å². The highest BCUT2D eigenvalue weighted by molar-refractivity contribution is 5.70. The van der Waals surface area contributed by atoms with Crippen LogP contribution in [0.1, 0.15) is 47.1 Å². The van der Waals surface area contributed by atoms with E-state index in [0.717, 1.165) is 22.5 Å². The summed E-state index contributed by atoms with van der Waals surface area (Å²) in [6.07, 6.45) is 0.741. The maximum Gasteiger partial charge on any atom is 0.509 e. The fourth-order valence-electron chi connectivity index (χ4n) is 4.26. The zero-order valence-corrected chi connectivity index (χ0v) is 22.2. The summed E-state index contributed by atoms with van der Waals surface area (Å²) < 4.78 is 18.2. The molecule has 3 aromatic rings. The van der Waals surface area contributed by atoms with Crippen molar-refractivity contribution in [3.63, 3.8) is 0 Å². The number of aliphatic hydroxyl groups is 1. The molecule has 1 fully saturated rings. The number of aliphatic hydroxyl groups excluding tert-OH is 1. The Morgan fingerprint density at radius 3 is 2.30 bits per heavy atom. The molecule has 0 bridgehead atoms. The van der Waals surface area contributed by atoms with Crippen LogP contribution in [-0.2, 0) is 20.6 Å². The van der Waals surface area contributed by atoms with E-state index >= 15 is 0 Å². The minimum absolute atomic E-state index is 0.000674. The van der Waals surface area contributed by atoms with E-state index in [9.17, 15) is 14.7 Å². The predicted octanol–water partition coefficient (Wildman–Crippen LogP) is 4.84. The first kappa shape index (κ1) is 26.5. The number of carbonyl (C=O) groups is 2. The summed E-state index contributed by atoms with van der Waals surface area (Å²) in [5.41, 5.74) is 2.11. The average molecular weight is 510 g/mol. The van der Waals surface area contributed by atoms with Crippen molar-refractivity contribution < 1.29 is 28.9 Å². The predicted molar refractivity (Wildman–Crippen MR) is 138 cm³/mol. The maximum atomic E-state index is 13.0. The van der Waals surface area contributed by atoms with Crippen LogP contribution in [0.15, 0.2) is 54.9 Å². The van der Waals surface area contributed by atoms with Crippen LogP contribution in [0.4, 0.5) is 9.59 Å². The van der Waals surface area contributed by atoms with Crippen molar-refractivity contribution in [3.05, 3.63) is 60.4 Å². The molecule has 3 heterocycles. The van der Waals surface area contributed by atoms with E-state index in [1.54, 1.807) is 41.5 Å². The quantitative estimate of drug-likeness (QED) is 0.502. The molecule has 1 amide bonds. The molecule has 1 aromatic carbocycles. The second kappa shape index (κ2) is 10.0. The van der Waals surface area contributed by atoms with Gasteiger partial charge in [-0.25, -0.2) is 14.6 Å². The Balaban J connectivity index is 1.52. The standard InChI is InChI=1S/C28H35N3O6/c1-27(2,3)36-25(33)31-17-22(35-26(34)37-28(4,5)6)24(32)21(31)15-18-10-12-19(13-11-18)20-16-30-14-8-7-9-23(30)29-20/h7-14,16,21-22,24,32H,15,17H2,1-6H3/t21-,22+,24+/m1/s1. The number of aromatic nitrogens is 2. The van der Waals surface area contributed by atoms with E-state index in [0.29, 0.717) is 6.42 Å². The molecule has 9 nitrogen and oxygen atoms in total. The van der Waals surface area contributed by atoms with Crippen LogP contribution in [0, 0.1) is 0 Å². The van der Waals surface area contributed by atoms with Crippen LogP contribution in [0.25, 0.3) is 16.9 Å². The summed E-state index contributed by atoms with van der Waals surface area (Å²) >= 11 is 0. The molecule has 0 radical (unpaired) electrons. The molecular formula is C28H35N3O6. The van der Waals surface area contributed by atoms with Crippen LogP contribution < -0.4 is 0 Å². The van der Waals surface area contributed by atoms with Crippen molar-refractivity contribution in [3.8, 4) is 11.3 Å². The van der Waals surface area contributed by atoms with E-state index in [1.807, 2.05) is 59.3 Å². The Bertz CT molecular complexity index is 1220. The number of imidazole rings is 1. The zero-order valence-electron chi connectivity index (χ0n) is 22.2. The SMILES string of the molecule is CC(C)(C)OC(=O)O[C@H]1CN(C(=O)OC(C)(C)C)[C@H](Cc2ccc(-c3cn4ccccc4n3)cc2)[C@@H]1O. The monoisotopic (exact) mass is 509 g/mol. The first-order chi connectivity index (χ1) is 17.3. The largest absolute Gasteiger partial charge is 0.509 e. The number of amides is 1. The highest BCUT2D eigenvalue weighted by atomic mass is 16.7. The molecule has 1 N–H and O–H groups in total. The third-order valence-electron chi connectivity index (χ3n) is 5.88. The molecule has 0 aliphatic carbocycles. The highest BCUT2D eigenvalue weighted by Crippen LogP contribution is 2.28. The molecule has 9 heteroatoms. The molecule has 0 unspecified atom stereocenters. The van der Waals surface area contributed by atoms with Gasteiger partial charge in [0.1, 0.15) is 23.0 Å². The van der Waals surface area contributed by atoms with Gasteiger partial charge in [-0.2, -0.15) is 0 Å². The lowest BCUT2D eigenvalue weighted by Gasteiger charge is -2.29. The average Bonchev–Trinajstić information content (AvgIpc) is 3.34. The number of benzene rings is 1. The summed E-state index contributed by atoms with van der Waals surface area (Å²) in [4.78, 5) is 31.4. The number of ether oxygens (including phenoxy) is 3. The summed E-state index contributed by atoms with van der Waals surface area (Å²) in [5, 5.41) is 11.1. The zero-order chi connectivity index (χ0) is 27.0. The number of hydrogen-bond acceptors (Lipinski definition) is 7. The van der Waals surface area contributed by atoms with Gasteiger partial charge >= 0.3 is 12.2 Å². The summed E-state index contributed by atoms with van der Waals surface area (Å²) in [7, 11) is 0. The van der Waals surface area contributed by atoms with Crippen LogP contribution in [0.5, 0.6) is 0 Å². The van der Waals surface area contributed by atoms with Gasteiger partial charge in [0, 0.05) is 18.0 Å². The first-order valence-electron chi connectivity index (χ1n) is 12.4. The molecule has 1 aliphatic rings. The van der Waals surface area contributed by atoms with Crippen molar-refractivity contribution in [2.45, 2.75) is 77.4 Å². The van der Waals surface area contributed by atoms with Gasteiger partial charge in [0.05, 0.1) is 18.3 Å². The number of likely N-dealkylation sites (tertiary alicyclic amines) is 1. The fraction of sp³-hybridized carbons (Fsp3) is 0.464. The fourth-order valence-corrected chi connectivity index (χ4v) is 4.26. The van der Waals surface area contributed by atoms with Gasteiger partial charge in [0.2, 0.25) is 0 Å². The van der Waals surface area contributed by atoms with Crippen molar-refractivity contribution in [1.82, 2.24) is 14.3 Å². The molecule has 4 rings (SSSR count). The number of carbonyl (C=O) groups excluding carboxylic acids is 2. The molecular weight excluding hydrogens is 474 g/mol. The van der Waals surface area contributed by atoms with Gasteiger partial charge in [-0.05, 0) is 65.7 Å². The van der Waals surface area contributed by atoms with Crippen molar-refractivity contribution in [2.24, 2.45) is 0 Å². The minimum atomic E-state index is -1.11. The van der Waals surface area contributed by atoms with Gasteiger partial charge < -0.3 is 23.7 Å². The molecule has 0 spiro atoms. The smallest absolute Gasteiger partial charge is 0.444 e. The molecule has 198 valence electrons. The van der Waals surface area contributed by atoms with E-state index in [2.05, 4.69) is 4.98 Å². The normalized spacial score (nSPS) is 20.2. The molecule has 3 atom stereocenters. The Labute approximate surface area is 217 Å². The third kappa shape index (κ3) is 6.60. The van der Waals surface area contributed by atoms with Crippen molar-refractivity contribution >= 4 is 17.9 Å². The Hall–Kier alpha value is -3.59. The van der Waals surface area contributed by atoms with Gasteiger partial charge in [0.25, 0.3) is 0 Å². The second-order valence-corrected chi connectivity index (χ2v) is 11.3. The van der Waals surface area contributed by atoms with Crippen LogP contribution >= 0.6 is 0 Å². The maximum absolute atomic E-state index is 13.0. The highest BCUT2D eigenvalue weighted by Gasteiger charge is 2.47. The summed E-state index contributed by atoms with van der Waals surface area (Å²) in [6.45, 7) is 10.5. The molecule has 37 heavy (non-hydrogen) atoms. The van der Waals surface area contributed by atoms with Gasteiger partial charge in [-0.3, -0.25) is 4.90 Å². The molecule has 0 saturated carbocycles. The molecule has 1 aliphatic heterocycles. The van der Waals surface area contributed by atoms with E-state index in [1.165, 1.54) is 4.90 Å². The van der Waals surface area contributed by atoms with Gasteiger partial charge in [0.15, 0.2) is 6.10 Å². The number of fused-ring (bicyclic) bond motifs is 1.